The highest BCUT2D eigenvalue weighted by molar-refractivity contribution is 6.17. The van der Waals surface area contributed by atoms with Crippen LogP contribution in [0.4, 0.5) is 0 Å². The Morgan fingerprint density at radius 1 is 1.33 bits per heavy atom. The Hall–Kier alpha value is -0.500. The van der Waals surface area contributed by atoms with E-state index in [1.54, 1.807) is 0 Å². The molecule has 3 heteroatoms. The highest BCUT2D eigenvalue weighted by Gasteiger charge is 2.05. The molecule has 0 saturated carbocycles. The largest absolute Gasteiger partial charge is 0.269 e. The number of hydrogen-bond donors (Lipinski definition) is 0. The molecule has 1 heterocycles. The maximum absolute atomic E-state index is 5.61. The van der Waals surface area contributed by atoms with Crippen LogP contribution in [0.15, 0.2) is 0 Å². The lowest BCUT2D eigenvalue weighted by Crippen LogP contribution is -2.03. The van der Waals surface area contributed by atoms with Crippen molar-refractivity contribution < 1.29 is 0 Å². The second kappa shape index (κ2) is 3.94. The van der Waals surface area contributed by atoms with Gasteiger partial charge in [0.15, 0.2) is 0 Å². The lowest BCUT2D eigenvalue weighted by atomic mass is 10.2. The summed E-state index contributed by atoms with van der Waals surface area (Å²) >= 11 is 5.61. The quantitative estimate of drug-likeness (QED) is 0.664. The van der Waals surface area contributed by atoms with Gasteiger partial charge in [0.2, 0.25) is 0 Å². The molecule has 0 bridgehead atoms. The van der Waals surface area contributed by atoms with E-state index in [4.69, 9.17) is 11.6 Å². The minimum absolute atomic E-state index is 0.706. The second-order valence-corrected chi connectivity index (χ2v) is 3.44. The van der Waals surface area contributed by atoms with Crippen molar-refractivity contribution in [2.45, 2.75) is 33.7 Å². The molecule has 0 aliphatic rings. The van der Waals surface area contributed by atoms with Crippen LogP contribution in [0.5, 0.6) is 0 Å². The van der Waals surface area contributed by atoms with E-state index in [-0.39, 0.29) is 0 Å². The average Bonchev–Trinajstić information content (AvgIpc) is 2.30. The maximum atomic E-state index is 5.61. The van der Waals surface area contributed by atoms with Crippen LogP contribution >= 0.6 is 11.6 Å². The van der Waals surface area contributed by atoms with E-state index in [0.717, 1.165) is 18.7 Å². The summed E-state index contributed by atoms with van der Waals surface area (Å²) in [5.41, 5.74) is 3.68. The predicted octanol–water partition coefficient (Wildman–Crippen LogP) is 2.44. The van der Waals surface area contributed by atoms with Crippen LogP contribution in [-0.4, -0.2) is 15.7 Å². The normalized spacial score (nSPS) is 10.7. The van der Waals surface area contributed by atoms with E-state index in [1.165, 1.54) is 11.3 Å². The Morgan fingerprint density at radius 2 is 2.00 bits per heavy atom. The molecule has 68 valence electrons. The van der Waals surface area contributed by atoms with Crippen LogP contribution < -0.4 is 0 Å². The van der Waals surface area contributed by atoms with Crippen molar-refractivity contribution in [2.75, 3.05) is 5.88 Å². The van der Waals surface area contributed by atoms with Gasteiger partial charge in [-0.15, -0.1) is 11.6 Å². The monoisotopic (exact) mass is 186 g/mol. The van der Waals surface area contributed by atoms with Crippen molar-refractivity contribution in [3.05, 3.63) is 17.0 Å². The van der Waals surface area contributed by atoms with Gasteiger partial charge >= 0.3 is 0 Å². The molecule has 1 rings (SSSR count). The first-order chi connectivity index (χ1) is 5.66. The van der Waals surface area contributed by atoms with Gasteiger partial charge in [0.05, 0.1) is 5.69 Å². The molecule has 0 aliphatic carbocycles. The molecule has 0 N–H and O–H groups in total. The summed E-state index contributed by atoms with van der Waals surface area (Å²) in [7, 11) is 0. The first-order valence-electron chi connectivity index (χ1n) is 4.23. The zero-order valence-corrected chi connectivity index (χ0v) is 8.65. The summed E-state index contributed by atoms with van der Waals surface area (Å²) in [6.45, 7) is 7.18. The van der Waals surface area contributed by atoms with Crippen LogP contribution in [0.25, 0.3) is 0 Å². The third-order valence-electron chi connectivity index (χ3n) is 2.25. The lowest BCUT2D eigenvalue weighted by Gasteiger charge is -2.01. The molecule has 0 radical (unpaired) electrons. The van der Waals surface area contributed by atoms with Crippen LogP contribution in [-0.2, 0) is 6.54 Å². The summed E-state index contributed by atoms with van der Waals surface area (Å²) in [5, 5.41) is 4.41. The van der Waals surface area contributed by atoms with Gasteiger partial charge in [0.25, 0.3) is 0 Å². The molecule has 12 heavy (non-hydrogen) atoms. The Labute approximate surface area is 78.5 Å². The molecule has 0 unspecified atom stereocenters. The molecule has 0 atom stereocenters. The van der Waals surface area contributed by atoms with Gasteiger partial charge in [0.1, 0.15) is 0 Å². The van der Waals surface area contributed by atoms with E-state index in [2.05, 4.69) is 18.9 Å². The zero-order valence-electron chi connectivity index (χ0n) is 7.89. The van der Waals surface area contributed by atoms with E-state index >= 15 is 0 Å². The van der Waals surface area contributed by atoms with Crippen LogP contribution in [0.3, 0.4) is 0 Å². The minimum atomic E-state index is 0.706. The van der Waals surface area contributed by atoms with Crippen LogP contribution in [0.2, 0.25) is 0 Å². The highest BCUT2D eigenvalue weighted by Crippen LogP contribution is 2.11. The van der Waals surface area contributed by atoms with Crippen LogP contribution in [0.1, 0.15) is 23.4 Å². The molecule has 0 aliphatic heterocycles. The Kier molecular flexibility index (Phi) is 3.15. The SMILES string of the molecule is Cc1nn(CCCCl)c(C)c1C. The molecule has 0 spiro atoms. The van der Waals surface area contributed by atoms with Crippen molar-refractivity contribution in [3.63, 3.8) is 0 Å². The fourth-order valence-corrected chi connectivity index (χ4v) is 1.33. The summed E-state index contributed by atoms with van der Waals surface area (Å²) in [6, 6.07) is 0. The minimum Gasteiger partial charge on any atom is -0.269 e. The number of nitrogens with zero attached hydrogens (tertiary/aromatic N) is 2. The van der Waals surface area contributed by atoms with Crippen molar-refractivity contribution in [3.8, 4) is 0 Å². The Morgan fingerprint density at radius 3 is 2.42 bits per heavy atom. The summed E-state index contributed by atoms with van der Waals surface area (Å²) in [4.78, 5) is 0. The van der Waals surface area contributed by atoms with E-state index in [0.29, 0.717) is 5.88 Å². The number of hydrogen-bond acceptors (Lipinski definition) is 1. The molecule has 0 fully saturated rings. The van der Waals surface area contributed by atoms with Gasteiger partial charge in [-0.25, -0.2) is 0 Å². The summed E-state index contributed by atoms with van der Waals surface area (Å²) in [5.74, 6) is 0.706. The van der Waals surface area contributed by atoms with Crippen molar-refractivity contribution in [1.29, 1.82) is 0 Å². The standard InChI is InChI=1S/C9H15ClN2/c1-7-8(2)11-12(9(7)3)6-4-5-10/h4-6H2,1-3H3. The third kappa shape index (κ3) is 1.81. The van der Waals surface area contributed by atoms with Gasteiger partial charge < -0.3 is 0 Å². The van der Waals surface area contributed by atoms with Crippen molar-refractivity contribution in [1.82, 2.24) is 9.78 Å². The number of aryl methyl sites for hydroxylation is 2. The molecule has 0 amide bonds. The number of rotatable bonds is 3. The molecule has 0 saturated heterocycles. The molecule has 0 aromatic carbocycles. The first-order valence-corrected chi connectivity index (χ1v) is 4.77. The fourth-order valence-electron chi connectivity index (χ4n) is 1.21. The van der Waals surface area contributed by atoms with Gasteiger partial charge in [0, 0.05) is 18.1 Å². The molecular weight excluding hydrogens is 172 g/mol. The highest BCUT2D eigenvalue weighted by atomic mass is 35.5. The van der Waals surface area contributed by atoms with E-state index in [1.807, 2.05) is 11.6 Å². The third-order valence-corrected chi connectivity index (χ3v) is 2.51. The summed E-state index contributed by atoms with van der Waals surface area (Å²) in [6.07, 6.45) is 0.989. The average molecular weight is 187 g/mol. The molecule has 1 aromatic rings. The molecule has 2 nitrogen and oxygen atoms in total. The van der Waals surface area contributed by atoms with Gasteiger partial charge in [-0.3, -0.25) is 4.68 Å². The Balaban J connectivity index is 2.79. The molecular formula is C9H15ClN2. The maximum Gasteiger partial charge on any atom is 0.0625 e. The van der Waals surface area contributed by atoms with Crippen molar-refractivity contribution >= 4 is 11.6 Å². The van der Waals surface area contributed by atoms with Gasteiger partial charge in [-0.05, 0) is 32.8 Å². The lowest BCUT2D eigenvalue weighted by molar-refractivity contribution is 0.585. The molecule has 1 aromatic heterocycles. The van der Waals surface area contributed by atoms with Gasteiger partial charge in [-0.1, -0.05) is 0 Å². The van der Waals surface area contributed by atoms with Crippen molar-refractivity contribution in [2.24, 2.45) is 0 Å². The van der Waals surface area contributed by atoms with Crippen LogP contribution in [0, 0.1) is 20.8 Å². The smallest absolute Gasteiger partial charge is 0.0625 e. The topological polar surface area (TPSA) is 17.8 Å². The zero-order chi connectivity index (χ0) is 9.14. The number of alkyl halides is 1. The second-order valence-electron chi connectivity index (χ2n) is 3.06. The Bertz CT molecular complexity index is 266. The fraction of sp³-hybridized carbons (Fsp3) is 0.667. The van der Waals surface area contributed by atoms with Gasteiger partial charge in [-0.2, -0.15) is 5.10 Å². The van der Waals surface area contributed by atoms with E-state index < -0.39 is 0 Å². The number of halogens is 1. The summed E-state index contributed by atoms with van der Waals surface area (Å²) < 4.78 is 2.03. The predicted molar refractivity (Wildman–Crippen MR) is 51.8 cm³/mol. The number of aromatic nitrogens is 2. The first kappa shape index (κ1) is 9.59. The van der Waals surface area contributed by atoms with E-state index in [9.17, 15) is 0 Å².